The zero-order valence-electron chi connectivity index (χ0n) is 44.3. The molecule has 6 N–H and O–H groups in total. The van der Waals surface area contributed by atoms with Crippen molar-refractivity contribution in [2.75, 3.05) is 222 Å². The van der Waals surface area contributed by atoms with Crippen molar-refractivity contribution < 1.29 is 96.1 Å². The molecule has 21 heteroatoms. The molecule has 0 aromatic carbocycles. The molecule has 68 heavy (non-hydrogen) atoms. The summed E-state index contributed by atoms with van der Waals surface area (Å²) in [6.45, 7) is 9.42. The molecular formula is C47H101N5O16+4. The van der Waals surface area contributed by atoms with Crippen molar-refractivity contribution in [2.45, 2.75) is 75.7 Å². The Balaban J connectivity index is 4.77. The van der Waals surface area contributed by atoms with E-state index in [9.17, 15) is 40.2 Å². The molecule has 0 aliphatic heterocycles. The van der Waals surface area contributed by atoms with Gasteiger partial charge in [-0.1, -0.05) is 6.92 Å². The first-order chi connectivity index (χ1) is 31.7. The maximum absolute atomic E-state index is 12.7. The van der Waals surface area contributed by atoms with E-state index in [1.807, 2.05) is 82.3 Å². The van der Waals surface area contributed by atoms with Crippen LogP contribution in [-0.2, 0) is 47.5 Å². The highest BCUT2D eigenvalue weighted by Gasteiger charge is 2.30. The molecule has 406 valence electrons. The molecule has 21 nitrogen and oxygen atoms in total. The summed E-state index contributed by atoms with van der Waals surface area (Å²) in [6, 6.07) is 0. The molecule has 0 rings (SSSR count). The Morgan fingerprint density at radius 2 is 0.750 bits per heavy atom. The summed E-state index contributed by atoms with van der Waals surface area (Å²) in [7, 11) is 19.6. The third-order valence-electron chi connectivity index (χ3n) is 10.6. The van der Waals surface area contributed by atoms with Crippen molar-refractivity contribution in [3.63, 3.8) is 0 Å². The average molecular weight is 992 g/mol. The fourth-order valence-corrected chi connectivity index (χ4v) is 7.25. The fraction of sp³-hybridized carbons (Fsp3) is 0.957. The van der Waals surface area contributed by atoms with Crippen molar-refractivity contribution in [2.24, 2.45) is 0 Å². The Hall–Kier alpha value is -1.74. The highest BCUT2D eigenvalue weighted by atomic mass is 16.5. The van der Waals surface area contributed by atoms with Gasteiger partial charge in [-0.25, -0.2) is 0 Å². The SMILES string of the molecule is CCN(C)CC(O)COCCCOCC(O)C[N+](C)(CCOC(=O)CCC(=O)OCC[N+](C)(C)CC(O)COCCCOCC(O)C[N+](C)(C)C)CC(O)COCCCOCC(O)C[N+](C)(C)C. The Labute approximate surface area is 409 Å². The van der Waals surface area contributed by atoms with Crippen LogP contribution in [-0.4, -0.2) is 324 Å². The molecule has 7 atom stereocenters. The minimum atomic E-state index is -0.892. The minimum Gasteiger partial charge on any atom is -0.460 e. The van der Waals surface area contributed by atoms with Gasteiger partial charge in [-0.15, -0.1) is 0 Å². The molecule has 0 spiro atoms. The van der Waals surface area contributed by atoms with Crippen LogP contribution in [0.1, 0.15) is 39.0 Å². The van der Waals surface area contributed by atoms with Crippen molar-refractivity contribution >= 4 is 11.9 Å². The van der Waals surface area contributed by atoms with Crippen LogP contribution >= 0.6 is 0 Å². The van der Waals surface area contributed by atoms with Crippen molar-refractivity contribution in [3.05, 3.63) is 0 Å². The van der Waals surface area contributed by atoms with Crippen LogP contribution in [0.25, 0.3) is 0 Å². The summed E-state index contributed by atoms with van der Waals surface area (Å²) < 4.78 is 46.3. The molecule has 0 heterocycles. The second kappa shape index (κ2) is 37.1. The van der Waals surface area contributed by atoms with Crippen LogP contribution < -0.4 is 0 Å². The number of aliphatic hydroxyl groups excluding tert-OH is 6. The van der Waals surface area contributed by atoms with Crippen LogP contribution in [0.4, 0.5) is 0 Å². The van der Waals surface area contributed by atoms with Crippen LogP contribution in [0.2, 0.25) is 0 Å². The van der Waals surface area contributed by atoms with E-state index in [0.29, 0.717) is 105 Å². The second-order valence-electron chi connectivity index (χ2n) is 21.2. The highest BCUT2D eigenvalue weighted by molar-refractivity contribution is 5.77. The lowest BCUT2D eigenvalue weighted by molar-refractivity contribution is -0.915. The van der Waals surface area contributed by atoms with Gasteiger partial charge in [0, 0.05) is 46.2 Å². The Kier molecular flexibility index (Phi) is 36.1. The second-order valence-corrected chi connectivity index (χ2v) is 21.2. The van der Waals surface area contributed by atoms with Crippen molar-refractivity contribution in [1.82, 2.24) is 4.90 Å². The Morgan fingerprint density at radius 1 is 0.441 bits per heavy atom. The largest absolute Gasteiger partial charge is 0.460 e. The summed E-state index contributed by atoms with van der Waals surface area (Å²) in [5.41, 5.74) is 0. The van der Waals surface area contributed by atoms with Gasteiger partial charge in [0.15, 0.2) is 0 Å². The van der Waals surface area contributed by atoms with Crippen LogP contribution in [0.5, 0.6) is 0 Å². The quantitative estimate of drug-likeness (QED) is 0.0224. The lowest BCUT2D eigenvalue weighted by Gasteiger charge is -2.37. The van der Waals surface area contributed by atoms with Crippen LogP contribution in [0.15, 0.2) is 0 Å². The molecular weight excluding hydrogens is 891 g/mol. The first-order valence-electron chi connectivity index (χ1n) is 24.5. The minimum absolute atomic E-state index is 0.0210. The van der Waals surface area contributed by atoms with Crippen LogP contribution in [0.3, 0.4) is 0 Å². The standard InChI is InChI=1S/C47H101N5O16/c1-12-48(2)28-40(53)34-61-20-13-24-65-38-44(57)32-52(11,33-45(58)39-66-25-15-22-63-36-42(55)30-50(6,7)8)19-27-68-47(60)17-16-46(59)67-26-18-51(9,10)31-43(56)37-64-23-14-21-62-35-41(54)29-49(3,4)5/h40-45,53-58H,12-39H2,1-11H3/q+4. The molecule has 0 radical (unpaired) electrons. The normalized spacial score (nSPS) is 16.3. The van der Waals surface area contributed by atoms with E-state index in [1.165, 1.54) is 0 Å². The van der Waals surface area contributed by atoms with Gasteiger partial charge in [-0.2, -0.15) is 0 Å². The van der Waals surface area contributed by atoms with Gasteiger partial charge in [0.05, 0.1) is 122 Å². The van der Waals surface area contributed by atoms with E-state index in [4.69, 9.17) is 37.9 Å². The van der Waals surface area contributed by atoms with Gasteiger partial charge in [0.1, 0.15) is 89.5 Å². The third kappa shape index (κ3) is 42.0. The summed E-state index contributed by atoms with van der Waals surface area (Å²) in [6.07, 6.45) is -2.72. The number of ether oxygens (including phenoxy) is 8. The summed E-state index contributed by atoms with van der Waals surface area (Å²) in [5.74, 6) is -1.12. The topological polar surface area (TPSA) is 233 Å². The van der Waals surface area contributed by atoms with E-state index < -0.39 is 48.6 Å². The number of esters is 2. The van der Waals surface area contributed by atoms with Crippen LogP contribution in [0, 0.1) is 0 Å². The van der Waals surface area contributed by atoms with Crippen molar-refractivity contribution in [3.8, 4) is 0 Å². The van der Waals surface area contributed by atoms with Gasteiger partial charge < -0.3 is 91.4 Å². The molecule has 0 aromatic rings. The lowest BCUT2D eigenvalue weighted by Crippen LogP contribution is -2.55. The number of quaternary nitrogens is 4. The van der Waals surface area contributed by atoms with E-state index in [1.54, 1.807) is 0 Å². The van der Waals surface area contributed by atoms with E-state index in [2.05, 4.69) is 0 Å². The van der Waals surface area contributed by atoms with Gasteiger partial charge in [0.25, 0.3) is 0 Å². The molecule has 0 bridgehead atoms. The zero-order valence-corrected chi connectivity index (χ0v) is 44.3. The third-order valence-corrected chi connectivity index (χ3v) is 10.6. The zero-order chi connectivity index (χ0) is 51.7. The first kappa shape index (κ1) is 66.3. The highest BCUT2D eigenvalue weighted by Crippen LogP contribution is 2.10. The predicted octanol–water partition coefficient (Wildman–Crippen LogP) is -1.82. The number of carbonyl (C=O) groups excluding carboxylic acids is 2. The fourth-order valence-electron chi connectivity index (χ4n) is 7.25. The van der Waals surface area contributed by atoms with Gasteiger partial charge in [0.2, 0.25) is 0 Å². The number of hydrogen-bond acceptors (Lipinski definition) is 17. The summed E-state index contributed by atoms with van der Waals surface area (Å²) >= 11 is 0. The number of carbonyl (C=O) groups is 2. The molecule has 0 fully saturated rings. The molecule has 0 aromatic heterocycles. The number of rotatable bonds is 46. The van der Waals surface area contributed by atoms with Gasteiger partial charge >= 0.3 is 11.9 Å². The number of hydrogen-bond donors (Lipinski definition) is 6. The molecule has 0 saturated heterocycles. The summed E-state index contributed by atoms with van der Waals surface area (Å²) in [4.78, 5) is 27.2. The Bertz CT molecular complexity index is 1260. The number of likely N-dealkylation sites (N-methyl/N-ethyl adjacent to an activating group) is 5. The van der Waals surface area contributed by atoms with E-state index in [-0.39, 0.29) is 89.8 Å². The van der Waals surface area contributed by atoms with E-state index in [0.717, 1.165) is 6.54 Å². The van der Waals surface area contributed by atoms with Gasteiger partial charge in [-0.05, 0) is 32.9 Å². The number of nitrogens with zero attached hydrogens (tertiary/aromatic N) is 5. The first-order valence-corrected chi connectivity index (χ1v) is 24.5. The average Bonchev–Trinajstić information content (AvgIpc) is 3.20. The molecule has 0 amide bonds. The lowest BCUT2D eigenvalue weighted by atomic mass is 10.2. The van der Waals surface area contributed by atoms with Gasteiger partial charge in [-0.3, -0.25) is 9.59 Å². The number of aliphatic hydroxyl groups is 6. The monoisotopic (exact) mass is 992 g/mol. The molecule has 0 aliphatic rings. The van der Waals surface area contributed by atoms with E-state index >= 15 is 0 Å². The maximum Gasteiger partial charge on any atom is 0.306 e. The van der Waals surface area contributed by atoms with Crippen molar-refractivity contribution in [1.29, 1.82) is 0 Å². The summed E-state index contributed by atoms with van der Waals surface area (Å²) in [5, 5.41) is 62.7. The molecule has 7 unspecified atom stereocenters. The maximum atomic E-state index is 12.7. The molecule has 0 aliphatic carbocycles. The predicted molar refractivity (Wildman–Crippen MR) is 258 cm³/mol. The molecule has 0 saturated carbocycles. The Morgan fingerprint density at radius 3 is 1.09 bits per heavy atom. The smallest absolute Gasteiger partial charge is 0.306 e.